The molecule has 0 aliphatic heterocycles. The number of ether oxygens (including phenoxy) is 2. The lowest BCUT2D eigenvalue weighted by Crippen LogP contribution is -2.27. The van der Waals surface area contributed by atoms with Gasteiger partial charge >= 0.3 is 12.2 Å². The molecule has 0 bridgehead atoms. The predicted octanol–water partition coefficient (Wildman–Crippen LogP) is 6.95. The zero-order valence-corrected chi connectivity index (χ0v) is 22.0. The van der Waals surface area contributed by atoms with Gasteiger partial charge in [0.2, 0.25) is 0 Å². The van der Waals surface area contributed by atoms with Gasteiger partial charge in [-0.15, -0.1) is 0 Å². The van der Waals surface area contributed by atoms with E-state index in [0.717, 1.165) is 15.1 Å². The van der Waals surface area contributed by atoms with Gasteiger partial charge in [0.1, 0.15) is 20.7 Å². The fourth-order valence-electron chi connectivity index (χ4n) is 1.53. The van der Waals surface area contributed by atoms with Gasteiger partial charge in [-0.2, -0.15) is 0 Å². The third-order valence-electron chi connectivity index (χ3n) is 2.41. The van der Waals surface area contributed by atoms with Crippen LogP contribution in [0.3, 0.4) is 0 Å². The third kappa shape index (κ3) is 12.8. The number of halogens is 2. The molecule has 9 nitrogen and oxygen atoms in total. The Balaban J connectivity index is 0.000000567. The number of carbonyl (C=O) groups is 3. The van der Waals surface area contributed by atoms with E-state index < -0.39 is 23.4 Å². The van der Waals surface area contributed by atoms with E-state index in [-0.39, 0.29) is 7.43 Å². The van der Waals surface area contributed by atoms with Crippen LogP contribution in [0.2, 0.25) is 0 Å². The van der Waals surface area contributed by atoms with Crippen molar-refractivity contribution in [1.29, 1.82) is 0 Å². The summed E-state index contributed by atoms with van der Waals surface area (Å²) in [6.07, 6.45) is 1.21. The standard InChI is InChI=1S/C9H11BrN2O3S.C8H11BrN2O2S.CH4/c1-9(2,3)15-8(14)12-7-11-6(10)5(4-13)16-7;1-8(2,3)13-7(12)11-6-10-4-5(9)14-6;/h4H,1-3H3,(H,11,12,14);4H,1-3H3,(H,10,11,12);1H4. The van der Waals surface area contributed by atoms with Gasteiger partial charge < -0.3 is 9.47 Å². The molecule has 2 aromatic heterocycles. The average molecular weight is 602 g/mol. The van der Waals surface area contributed by atoms with Gasteiger partial charge in [0, 0.05) is 0 Å². The van der Waals surface area contributed by atoms with Crippen LogP contribution in [0.1, 0.15) is 58.6 Å². The number of thiazole rings is 2. The molecule has 2 N–H and O–H groups in total. The molecule has 2 amide bonds. The third-order valence-corrected chi connectivity index (χ3v) is 5.56. The summed E-state index contributed by atoms with van der Waals surface area (Å²) in [5.74, 6) is 0. The lowest BCUT2D eigenvalue weighted by atomic mass is 10.2. The smallest absolute Gasteiger partial charge is 0.413 e. The summed E-state index contributed by atoms with van der Waals surface area (Å²) in [6, 6.07) is 0. The van der Waals surface area contributed by atoms with Crippen LogP contribution in [0.25, 0.3) is 0 Å². The van der Waals surface area contributed by atoms with E-state index in [0.29, 0.717) is 26.0 Å². The van der Waals surface area contributed by atoms with E-state index in [1.807, 2.05) is 20.8 Å². The molecular weight excluding hydrogens is 576 g/mol. The first kappa shape index (κ1) is 29.4. The van der Waals surface area contributed by atoms with Crippen LogP contribution in [0.4, 0.5) is 19.9 Å². The Morgan fingerprint density at radius 1 is 0.968 bits per heavy atom. The van der Waals surface area contributed by atoms with Crippen molar-refractivity contribution in [3.8, 4) is 0 Å². The molecule has 0 radical (unpaired) electrons. The summed E-state index contributed by atoms with van der Waals surface area (Å²) in [7, 11) is 0. The van der Waals surface area contributed by atoms with E-state index >= 15 is 0 Å². The molecule has 13 heteroatoms. The van der Waals surface area contributed by atoms with Gasteiger partial charge in [0.15, 0.2) is 16.5 Å². The van der Waals surface area contributed by atoms with Gasteiger partial charge in [0.25, 0.3) is 0 Å². The highest BCUT2D eigenvalue weighted by molar-refractivity contribution is 9.11. The molecule has 2 heterocycles. The number of rotatable bonds is 3. The van der Waals surface area contributed by atoms with E-state index in [1.54, 1.807) is 27.0 Å². The van der Waals surface area contributed by atoms with Crippen molar-refractivity contribution >= 4 is 83.3 Å². The first-order chi connectivity index (χ1) is 13.7. The van der Waals surface area contributed by atoms with Crippen molar-refractivity contribution in [2.45, 2.75) is 60.2 Å². The maximum atomic E-state index is 11.4. The maximum absolute atomic E-state index is 11.4. The number of hydrogen-bond donors (Lipinski definition) is 2. The fraction of sp³-hybridized carbons (Fsp3) is 0.500. The zero-order valence-electron chi connectivity index (χ0n) is 17.2. The number of aromatic nitrogens is 2. The Morgan fingerprint density at radius 3 is 1.81 bits per heavy atom. The topological polar surface area (TPSA) is 120 Å². The molecule has 0 spiro atoms. The van der Waals surface area contributed by atoms with Crippen LogP contribution in [-0.2, 0) is 9.47 Å². The Morgan fingerprint density at radius 2 is 1.45 bits per heavy atom. The second-order valence-electron chi connectivity index (χ2n) is 7.52. The van der Waals surface area contributed by atoms with Gasteiger partial charge in [0.05, 0.1) is 9.98 Å². The molecule has 2 rings (SSSR count). The second-order valence-corrected chi connectivity index (χ2v) is 11.7. The molecular formula is C18H26Br2N4O5S2. The normalized spacial score (nSPS) is 10.7. The van der Waals surface area contributed by atoms with Gasteiger partial charge in [-0.25, -0.2) is 19.6 Å². The molecule has 0 saturated carbocycles. The number of amides is 2. The highest BCUT2D eigenvalue weighted by Gasteiger charge is 2.18. The van der Waals surface area contributed by atoms with Crippen molar-refractivity contribution in [1.82, 2.24) is 9.97 Å². The van der Waals surface area contributed by atoms with E-state index in [2.05, 4.69) is 52.5 Å². The molecule has 0 fully saturated rings. The average Bonchev–Trinajstić information content (AvgIpc) is 3.09. The summed E-state index contributed by atoms with van der Waals surface area (Å²) in [4.78, 5) is 41.5. The van der Waals surface area contributed by atoms with Crippen molar-refractivity contribution in [2.75, 3.05) is 10.6 Å². The largest absolute Gasteiger partial charge is 0.444 e. The van der Waals surface area contributed by atoms with E-state index in [1.165, 1.54) is 11.3 Å². The van der Waals surface area contributed by atoms with Gasteiger partial charge in [-0.1, -0.05) is 30.1 Å². The molecule has 2 aromatic rings. The first-order valence-corrected chi connectivity index (χ1v) is 11.6. The van der Waals surface area contributed by atoms with Crippen LogP contribution >= 0.6 is 54.5 Å². The molecule has 174 valence electrons. The number of hydrogen-bond acceptors (Lipinski definition) is 9. The Labute approximate surface area is 206 Å². The monoisotopic (exact) mass is 600 g/mol. The highest BCUT2D eigenvalue weighted by atomic mass is 79.9. The van der Waals surface area contributed by atoms with Crippen LogP contribution in [0, 0.1) is 0 Å². The number of carbonyl (C=O) groups excluding carboxylic acids is 3. The summed E-state index contributed by atoms with van der Waals surface area (Å²) in [5, 5.41) is 5.83. The van der Waals surface area contributed by atoms with Crippen molar-refractivity contribution < 1.29 is 23.9 Å². The predicted molar refractivity (Wildman–Crippen MR) is 131 cm³/mol. The Kier molecular flexibility index (Phi) is 11.8. The molecule has 31 heavy (non-hydrogen) atoms. The molecule has 0 aromatic carbocycles. The van der Waals surface area contributed by atoms with Crippen LogP contribution in [-0.4, -0.2) is 39.6 Å². The molecule has 0 unspecified atom stereocenters. The summed E-state index contributed by atoms with van der Waals surface area (Å²) >= 11 is 8.76. The summed E-state index contributed by atoms with van der Waals surface area (Å²) < 4.78 is 11.4. The summed E-state index contributed by atoms with van der Waals surface area (Å²) in [6.45, 7) is 10.7. The highest BCUT2D eigenvalue weighted by Crippen LogP contribution is 2.26. The fourth-order valence-corrected chi connectivity index (χ4v) is 3.91. The maximum Gasteiger partial charge on any atom is 0.413 e. The first-order valence-electron chi connectivity index (χ1n) is 8.41. The van der Waals surface area contributed by atoms with Crippen LogP contribution in [0.5, 0.6) is 0 Å². The number of nitrogens with zero attached hydrogens (tertiary/aromatic N) is 2. The van der Waals surface area contributed by atoms with Crippen LogP contribution < -0.4 is 10.6 Å². The SMILES string of the molecule is C.CC(C)(C)OC(=O)Nc1nc(Br)c(C=O)s1.CC(C)(C)OC(=O)Nc1ncc(Br)s1. The number of anilines is 2. The van der Waals surface area contributed by atoms with E-state index in [4.69, 9.17) is 9.47 Å². The number of nitrogens with one attached hydrogen (secondary N) is 2. The van der Waals surface area contributed by atoms with Crippen molar-refractivity contribution in [2.24, 2.45) is 0 Å². The van der Waals surface area contributed by atoms with Crippen molar-refractivity contribution in [3.05, 3.63) is 19.5 Å². The minimum atomic E-state index is -0.591. The molecule has 0 aliphatic carbocycles. The minimum Gasteiger partial charge on any atom is -0.444 e. The quantitative estimate of drug-likeness (QED) is 0.365. The Bertz CT molecular complexity index is 888. The molecule has 0 aliphatic rings. The molecule has 0 saturated heterocycles. The molecule has 0 atom stereocenters. The van der Waals surface area contributed by atoms with Crippen LogP contribution in [0.15, 0.2) is 14.6 Å². The van der Waals surface area contributed by atoms with Gasteiger partial charge in [-0.3, -0.25) is 15.4 Å². The lowest BCUT2D eigenvalue weighted by Gasteiger charge is -2.18. The van der Waals surface area contributed by atoms with E-state index in [9.17, 15) is 14.4 Å². The minimum absolute atomic E-state index is 0. The number of aldehydes is 1. The second kappa shape index (κ2) is 12.5. The summed E-state index contributed by atoms with van der Waals surface area (Å²) in [5.41, 5.74) is -1.05. The van der Waals surface area contributed by atoms with Crippen molar-refractivity contribution in [3.63, 3.8) is 0 Å². The van der Waals surface area contributed by atoms with Gasteiger partial charge in [-0.05, 0) is 73.4 Å². The lowest BCUT2D eigenvalue weighted by molar-refractivity contribution is 0.0624. The Hall–Kier alpha value is -1.57. The zero-order chi connectivity index (χ0) is 23.1.